The molecule has 4 aliphatic rings. The summed E-state index contributed by atoms with van der Waals surface area (Å²) in [5.74, 6) is 0.580. The van der Waals surface area contributed by atoms with E-state index in [4.69, 9.17) is 14.7 Å². The molecule has 4 heterocycles. The topological polar surface area (TPSA) is 103 Å². The fraction of sp³-hybridized carbons (Fsp3) is 0.531. The molecule has 2 saturated heterocycles. The number of piperazine rings is 1. The summed E-state index contributed by atoms with van der Waals surface area (Å²) in [6.45, 7) is 8.71. The van der Waals surface area contributed by atoms with Gasteiger partial charge >= 0.3 is 6.01 Å². The van der Waals surface area contributed by atoms with E-state index in [1.807, 2.05) is 0 Å². The van der Waals surface area contributed by atoms with Gasteiger partial charge in [0.25, 0.3) is 0 Å². The lowest BCUT2D eigenvalue weighted by molar-refractivity contribution is -0.128. The predicted octanol–water partition coefficient (Wildman–Crippen LogP) is 3.98. The maximum Gasteiger partial charge on any atom is 0.319 e. The van der Waals surface area contributed by atoms with Crippen LogP contribution in [0.1, 0.15) is 59.3 Å². The average Bonchev–Trinajstić information content (AvgIpc) is 3.42. The van der Waals surface area contributed by atoms with E-state index < -0.39 is 4.75 Å². The van der Waals surface area contributed by atoms with E-state index >= 15 is 0 Å². The zero-order chi connectivity index (χ0) is 29.4. The first-order valence-corrected chi connectivity index (χ1v) is 15.8. The summed E-state index contributed by atoms with van der Waals surface area (Å²) in [4.78, 5) is 44.0. The molecular formula is C32H38N6O3S. The third-order valence-electron chi connectivity index (χ3n) is 9.47. The molecule has 0 radical (unpaired) electrons. The van der Waals surface area contributed by atoms with Crippen LogP contribution in [-0.2, 0) is 17.6 Å². The Kier molecular flexibility index (Phi) is 7.99. The zero-order valence-electron chi connectivity index (χ0n) is 24.5. The molecule has 6 rings (SSSR count). The van der Waals surface area contributed by atoms with Gasteiger partial charge in [-0.1, -0.05) is 18.7 Å². The molecule has 1 aromatic carbocycles. The standard InChI is InChI=1S/C32H38N6O3S/c1-4-27(39)38-18-17-37(19-22(38)12-15-33)30-25-11-14-32(13-10-24-21(2)7-5-9-26(24)42-32)29(40)28(25)34-31(35-30)41-20-23-8-6-16-36(23)3/h4-5,7,9,22-23H,1,6,8,10-14,16-20H2,2-3H3/t22?,23?,32-/m0/s1. The smallest absolute Gasteiger partial charge is 0.319 e. The summed E-state index contributed by atoms with van der Waals surface area (Å²) in [7, 11) is 2.10. The van der Waals surface area contributed by atoms with Gasteiger partial charge in [0.15, 0.2) is 5.78 Å². The lowest BCUT2D eigenvalue weighted by atomic mass is 9.80. The van der Waals surface area contributed by atoms with Crippen molar-refractivity contribution in [3.8, 4) is 12.1 Å². The molecule has 9 nitrogen and oxygen atoms in total. The molecule has 1 aromatic heterocycles. The number of amides is 1. The quantitative estimate of drug-likeness (QED) is 0.465. The minimum absolute atomic E-state index is 0.0569. The van der Waals surface area contributed by atoms with Crippen molar-refractivity contribution in [3.63, 3.8) is 0 Å². The molecule has 220 valence electrons. The van der Waals surface area contributed by atoms with Gasteiger partial charge in [0.2, 0.25) is 5.91 Å². The number of hydrogen-bond acceptors (Lipinski definition) is 9. The second kappa shape index (κ2) is 11.7. The summed E-state index contributed by atoms with van der Waals surface area (Å²) in [6.07, 6.45) is 6.76. The van der Waals surface area contributed by atoms with Crippen LogP contribution in [0.3, 0.4) is 0 Å². The number of ketones is 1. The normalized spacial score (nSPS) is 25.6. The van der Waals surface area contributed by atoms with Gasteiger partial charge in [0.1, 0.15) is 18.1 Å². The second-order valence-electron chi connectivity index (χ2n) is 11.9. The molecule has 1 amide bonds. The van der Waals surface area contributed by atoms with Crippen LogP contribution in [0.2, 0.25) is 0 Å². The van der Waals surface area contributed by atoms with Gasteiger partial charge in [-0.15, -0.1) is 11.8 Å². The molecule has 1 aliphatic carbocycles. The number of likely N-dealkylation sites (N-methyl/N-ethyl adjacent to an activating group) is 1. The molecule has 3 aliphatic heterocycles. The van der Waals surface area contributed by atoms with E-state index in [0.717, 1.165) is 44.2 Å². The van der Waals surface area contributed by atoms with Gasteiger partial charge in [-0.25, -0.2) is 0 Å². The lowest BCUT2D eigenvalue weighted by Gasteiger charge is -2.43. The number of anilines is 1. The second-order valence-corrected chi connectivity index (χ2v) is 13.3. The molecule has 42 heavy (non-hydrogen) atoms. The summed E-state index contributed by atoms with van der Waals surface area (Å²) in [6, 6.07) is 8.80. The first-order chi connectivity index (χ1) is 20.3. The molecule has 2 unspecified atom stereocenters. The van der Waals surface area contributed by atoms with Crippen LogP contribution in [0.15, 0.2) is 35.7 Å². The highest BCUT2D eigenvalue weighted by Crippen LogP contribution is 2.51. The first-order valence-electron chi connectivity index (χ1n) is 14.9. The lowest BCUT2D eigenvalue weighted by Crippen LogP contribution is -2.55. The number of Topliss-reactive ketones (excluding diaryl/α,β-unsaturated/α-hetero) is 1. The number of nitrogens with zero attached hydrogens (tertiary/aromatic N) is 6. The number of fused-ring (bicyclic) bond motifs is 2. The van der Waals surface area contributed by atoms with E-state index in [-0.39, 0.29) is 36.2 Å². The van der Waals surface area contributed by atoms with Gasteiger partial charge < -0.3 is 19.4 Å². The van der Waals surface area contributed by atoms with Crippen LogP contribution < -0.4 is 9.64 Å². The molecule has 1 spiro atoms. The first kappa shape index (κ1) is 28.7. The van der Waals surface area contributed by atoms with Crippen LogP contribution in [-0.4, -0.2) is 88.1 Å². The van der Waals surface area contributed by atoms with Crippen LogP contribution >= 0.6 is 11.8 Å². The monoisotopic (exact) mass is 586 g/mol. The van der Waals surface area contributed by atoms with Crippen molar-refractivity contribution in [3.05, 3.63) is 53.2 Å². The molecule has 0 bridgehead atoms. The van der Waals surface area contributed by atoms with Crippen LogP contribution in [0.4, 0.5) is 5.82 Å². The number of carbonyl (C=O) groups is 2. The summed E-state index contributed by atoms with van der Waals surface area (Å²) < 4.78 is 5.67. The van der Waals surface area contributed by atoms with E-state index in [9.17, 15) is 14.9 Å². The van der Waals surface area contributed by atoms with Crippen molar-refractivity contribution in [2.45, 2.75) is 73.6 Å². The SMILES string of the molecule is C=CC(=O)N1CCN(c2nc(OCC3CCCN3C)nc3c2CC[C@@]2(CCc4c(C)cccc4S2)C3=O)CC1CC#N. The van der Waals surface area contributed by atoms with E-state index in [0.29, 0.717) is 44.2 Å². The Bertz CT molecular complexity index is 1460. The Morgan fingerprint density at radius 3 is 2.76 bits per heavy atom. The van der Waals surface area contributed by atoms with Crippen molar-refractivity contribution in [1.82, 2.24) is 19.8 Å². The Morgan fingerprint density at radius 2 is 2.02 bits per heavy atom. The van der Waals surface area contributed by atoms with Crippen LogP contribution in [0.25, 0.3) is 0 Å². The Morgan fingerprint density at radius 1 is 1.21 bits per heavy atom. The summed E-state index contributed by atoms with van der Waals surface area (Å²) in [5, 5.41) is 9.51. The Hall–Kier alpha value is -3.42. The zero-order valence-corrected chi connectivity index (χ0v) is 25.3. The minimum atomic E-state index is -0.555. The number of benzene rings is 1. The summed E-state index contributed by atoms with van der Waals surface area (Å²) in [5.41, 5.74) is 3.93. The van der Waals surface area contributed by atoms with Gasteiger partial charge in [0, 0.05) is 36.1 Å². The average molecular weight is 587 g/mol. The van der Waals surface area contributed by atoms with E-state index in [1.165, 1.54) is 22.1 Å². The number of carbonyl (C=O) groups excluding carboxylic acids is 2. The third-order valence-corrected chi connectivity index (χ3v) is 11.1. The van der Waals surface area contributed by atoms with Crippen molar-refractivity contribution in [2.24, 2.45) is 0 Å². The number of hydrogen-bond donors (Lipinski definition) is 0. The summed E-state index contributed by atoms with van der Waals surface area (Å²) >= 11 is 1.70. The predicted molar refractivity (Wildman–Crippen MR) is 162 cm³/mol. The number of rotatable bonds is 6. The maximum absolute atomic E-state index is 14.4. The minimum Gasteiger partial charge on any atom is -0.462 e. The highest BCUT2D eigenvalue weighted by molar-refractivity contribution is 8.01. The fourth-order valence-corrected chi connectivity index (χ4v) is 8.52. The van der Waals surface area contributed by atoms with Crippen molar-refractivity contribution < 1.29 is 14.3 Å². The van der Waals surface area contributed by atoms with Gasteiger partial charge in [-0.3, -0.25) is 9.59 Å². The van der Waals surface area contributed by atoms with Crippen LogP contribution in [0, 0.1) is 18.3 Å². The molecule has 10 heteroatoms. The Labute approximate surface area is 251 Å². The highest BCUT2D eigenvalue weighted by atomic mass is 32.2. The number of nitriles is 1. The third kappa shape index (κ3) is 5.18. The number of likely N-dealkylation sites (tertiary alicyclic amines) is 1. The van der Waals surface area contributed by atoms with Crippen molar-refractivity contribution >= 4 is 29.3 Å². The van der Waals surface area contributed by atoms with Crippen molar-refractivity contribution in [2.75, 3.05) is 44.7 Å². The van der Waals surface area contributed by atoms with Gasteiger partial charge in [-0.2, -0.15) is 15.2 Å². The van der Waals surface area contributed by atoms with Gasteiger partial charge in [-0.05, 0) is 82.3 Å². The van der Waals surface area contributed by atoms with E-state index in [1.54, 1.807) is 16.7 Å². The number of ether oxygens (including phenoxy) is 1. The van der Waals surface area contributed by atoms with Gasteiger partial charge in [0.05, 0.1) is 23.3 Å². The van der Waals surface area contributed by atoms with E-state index in [2.05, 4.69) is 54.6 Å². The molecule has 2 fully saturated rings. The van der Waals surface area contributed by atoms with Crippen molar-refractivity contribution in [1.29, 1.82) is 5.26 Å². The molecule has 3 atom stereocenters. The molecule has 2 aromatic rings. The van der Waals surface area contributed by atoms with Crippen LogP contribution in [0.5, 0.6) is 6.01 Å². The number of aryl methyl sites for hydroxylation is 1. The molecule has 0 saturated carbocycles. The fourth-order valence-electron chi connectivity index (χ4n) is 6.96. The molecular weight excluding hydrogens is 548 g/mol. The number of aromatic nitrogens is 2. The maximum atomic E-state index is 14.4. The number of thioether (sulfide) groups is 1. The Balaban J connectivity index is 1.35. The largest absolute Gasteiger partial charge is 0.462 e. The highest BCUT2D eigenvalue weighted by Gasteiger charge is 2.48. The molecule has 0 N–H and O–H groups in total.